The molecule has 6 nitrogen and oxygen atoms in total. The van der Waals surface area contributed by atoms with Crippen LogP contribution in [-0.2, 0) is 14.3 Å². The molecule has 0 bridgehead atoms. The highest BCUT2D eigenvalue weighted by Crippen LogP contribution is 2.23. The third kappa shape index (κ3) is 3.49. The summed E-state index contributed by atoms with van der Waals surface area (Å²) < 4.78 is 5.62. The highest BCUT2D eigenvalue weighted by atomic mass is 16.5. The molecule has 0 aromatic heterocycles. The summed E-state index contributed by atoms with van der Waals surface area (Å²) in [4.78, 5) is 27.2. The van der Waals surface area contributed by atoms with Gasteiger partial charge in [-0.1, -0.05) is 6.92 Å². The topological polar surface area (TPSA) is 70.1 Å². The molecule has 0 aliphatic carbocycles. The van der Waals surface area contributed by atoms with E-state index in [1.54, 1.807) is 0 Å². The van der Waals surface area contributed by atoms with Gasteiger partial charge in [0.1, 0.15) is 0 Å². The Morgan fingerprint density at radius 1 is 1.10 bits per heavy atom. The molecule has 1 N–H and O–H groups in total. The minimum atomic E-state index is -0.763. The number of ether oxygens (including phenoxy) is 1. The van der Waals surface area contributed by atoms with E-state index in [9.17, 15) is 9.59 Å². The van der Waals surface area contributed by atoms with E-state index in [1.165, 1.54) is 0 Å². The van der Waals surface area contributed by atoms with Crippen LogP contribution in [-0.4, -0.2) is 71.7 Å². The summed E-state index contributed by atoms with van der Waals surface area (Å²) >= 11 is 0. The van der Waals surface area contributed by atoms with Gasteiger partial charge >= 0.3 is 5.97 Å². The summed E-state index contributed by atoms with van der Waals surface area (Å²) in [5, 5.41) is 9.12. The fraction of sp³-hybridized carbons (Fsp3) is 0.857. The molecule has 4 atom stereocenters. The van der Waals surface area contributed by atoms with Crippen LogP contribution >= 0.6 is 0 Å². The van der Waals surface area contributed by atoms with Crippen molar-refractivity contribution < 1.29 is 19.4 Å². The maximum Gasteiger partial charge on any atom is 0.308 e. The summed E-state index contributed by atoms with van der Waals surface area (Å²) in [5.41, 5.74) is 0. The largest absolute Gasteiger partial charge is 0.481 e. The van der Waals surface area contributed by atoms with E-state index < -0.39 is 5.97 Å². The molecule has 0 aromatic carbocycles. The number of hydrogen-bond donors (Lipinski definition) is 1. The van der Waals surface area contributed by atoms with Gasteiger partial charge in [0, 0.05) is 26.2 Å². The Kier molecular flexibility index (Phi) is 4.65. The minimum Gasteiger partial charge on any atom is -0.481 e. The Labute approximate surface area is 119 Å². The highest BCUT2D eigenvalue weighted by molar-refractivity contribution is 5.79. The lowest BCUT2D eigenvalue weighted by Crippen LogP contribution is -2.50. The SMILES string of the molecule is CC1CN(C(=O)CN2C[C@@H](C)[C@H](C(=O)O)C2)CC(C)O1. The molecule has 20 heavy (non-hydrogen) atoms. The Balaban J connectivity index is 1.87. The van der Waals surface area contributed by atoms with Crippen molar-refractivity contribution >= 4 is 11.9 Å². The van der Waals surface area contributed by atoms with Crippen LogP contribution in [0.4, 0.5) is 0 Å². The van der Waals surface area contributed by atoms with Crippen molar-refractivity contribution in [3.05, 3.63) is 0 Å². The average Bonchev–Trinajstić information content (AvgIpc) is 2.69. The van der Waals surface area contributed by atoms with Crippen molar-refractivity contribution in [2.24, 2.45) is 11.8 Å². The van der Waals surface area contributed by atoms with Gasteiger partial charge in [0.2, 0.25) is 5.91 Å². The quantitative estimate of drug-likeness (QED) is 0.806. The number of carbonyl (C=O) groups is 2. The van der Waals surface area contributed by atoms with Crippen LogP contribution in [0.2, 0.25) is 0 Å². The zero-order valence-electron chi connectivity index (χ0n) is 12.4. The molecule has 2 aliphatic rings. The number of carboxylic acids is 1. The molecule has 0 aromatic rings. The van der Waals surface area contributed by atoms with Gasteiger partial charge in [0.15, 0.2) is 0 Å². The molecule has 1 amide bonds. The lowest BCUT2D eigenvalue weighted by Gasteiger charge is -2.36. The summed E-state index contributed by atoms with van der Waals surface area (Å²) in [6.45, 7) is 8.57. The van der Waals surface area contributed by atoms with Crippen LogP contribution in [0.5, 0.6) is 0 Å². The van der Waals surface area contributed by atoms with Crippen LogP contribution in [0.3, 0.4) is 0 Å². The second kappa shape index (κ2) is 6.10. The number of carbonyl (C=O) groups excluding carboxylic acids is 1. The zero-order valence-corrected chi connectivity index (χ0v) is 12.4. The molecule has 2 fully saturated rings. The third-order valence-corrected chi connectivity index (χ3v) is 4.14. The van der Waals surface area contributed by atoms with Gasteiger partial charge in [-0.2, -0.15) is 0 Å². The Hall–Kier alpha value is -1.14. The van der Waals surface area contributed by atoms with Crippen LogP contribution in [0.1, 0.15) is 20.8 Å². The molecule has 0 saturated carbocycles. The van der Waals surface area contributed by atoms with Gasteiger partial charge in [-0.25, -0.2) is 0 Å². The predicted octanol–water partition coefficient (Wildman–Crippen LogP) is 0.275. The molecule has 0 spiro atoms. The Morgan fingerprint density at radius 2 is 1.70 bits per heavy atom. The van der Waals surface area contributed by atoms with Crippen molar-refractivity contribution in [3.8, 4) is 0 Å². The summed E-state index contributed by atoms with van der Waals surface area (Å²) in [6, 6.07) is 0. The first-order valence-electron chi connectivity index (χ1n) is 7.25. The first-order chi connectivity index (χ1) is 9.36. The number of nitrogens with zero attached hydrogens (tertiary/aromatic N) is 2. The molecule has 6 heteroatoms. The minimum absolute atomic E-state index is 0.0620. The number of morpholine rings is 1. The Morgan fingerprint density at radius 3 is 2.20 bits per heavy atom. The van der Waals surface area contributed by atoms with Crippen molar-refractivity contribution in [1.82, 2.24) is 9.80 Å². The number of rotatable bonds is 3. The van der Waals surface area contributed by atoms with E-state index in [0.717, 1.165) is 0 Å². The average molecular weight is 284 g/mol. The summed E-state index contributed by atoms with van der Waals surface area (Å²) in [6.07, 6.45) is 0.124. The molecular weight excluding hydrogens is 260 g/mol. The standard InChI is InChI=1S/C14H24N2O4/c1-9-4-15(7-12(9)14(18)19)8-13(17)16-5-10(2)20-11(3)6-16/h9-12H,4-8H2,1-3H3,(H,18,19)/t9-,10?,11?,12-/m1/s1. The Bertz CT molecular complexity index is 377. The fourth-order valence-electron chi connectivity index (χ4n) is 3.19. The van der Waals surface area contributed by atoms with Crippen LogP contribution in [0, 0.1) is 11.8 Å². The molecule has 2 aliphatic heterocycles. The number of amides is 1. The number of aliphatic carboxylic acids is 1. The second-order valence-corrected chi connectivity index (χ2v) is 6.17. The second-order valence-electron chi connectivity index (χ2n) is 6.17. The number of likely N-dealkylation sites (tertiary alicyclic amines) is 1. The molecular formula is C14H24N2O4. The normalized spacial score (nSPS) is 35.2. The van der Waals surface area contributed by atoms with E-state index in [4.69, 9.17) is 9.84 Å². The maximum absolute atomic E-state index is 12.3. The molecule has 2 heterocycles. The van der Waals surface area contributed by atoms with Gasteiger partial charge in [0.25, 0.3) is 0 Å². The van der Waals surface area contributed by atoms with E-state index in [-0.39, 0.29) is 30.0 Å². The van der Waals surface area contributed by atoms with Gasteiger partial charge in [0.05, 0.1) is 24.7 Å². The molecule has 2 rings (SSSR count). The monoisotopic (exact) mass is 284 g/mol. The van der Waals surface area contributed by atoms with E-state index in [1.807, 2.05) is 30.6 Å². The van der Waals surface area contributed by atoms with Crippen molar-refractivity contribution in [2.75, 3.05) is 32.7 Å². The molecule has 114 valence electrons. The van der Waals surface area contributed by atoms with Crippen LogP contribution in [0.25, 0.3) is 0 Å². The van der Waals surface area contributed by atoms with Gasteiger partial charge in [-0.3, -0.25) is 14.5 Å². The van der Waals surface area contributed by atoms with Crippen LogP contribution in [0.15, 0.2) is 0 Å². The number of carboxylic acid groups (broad SMARTS) is 1. The molecule has 2 saturated heterocycles. The van der Waals surface area contributed by atoms with E-state index in [2.05, 4.69) is 0 Å². The summed E-state index contributed by atoms with van der Waals surface area (Å²) in [5.74, 6) is -0.945. The van der Waals surface area contributed by atoms with E-state index in [0.29, 0.717) is 32.7 Å². The lowest BCUT2D eigenvalue weighted by atomic mass is 9.99. The summed E-state index contributed by atoms with van der Waals surface area (Å²) in [7, 11) is 0. The van der Waals surface area contributed by atoms with Gasteiger partial charge in [-0.05, 0) is 19.8 Å². The molecule has 0 radical (unpaired) electrons. The van der Waals surface area contributed by atoms with Crippen molar-refractivity contribution in [3.63, 3.8) is 0 Å². The van der Waals surface area contributed by atoms with Crippen molar-refractivity contribution in [2.45, 2.75) is 33.0 Å². The first-order valence-corrected chi connectivity index (χ1v) is 7.25. The highest BCUT2D eigenvalue weighted by Gasteiger charge is 2.36. The first kappa shape index (κ1) is 15.3. The van der Waals surface area contributed by atoms with Gasteiger partial charge < -0.3 is 14.7 Å². The smallest absolute Gasteiger partial charge is 0.308 e. The van der Waals surface area contributed by atoms with E-state index >= 15 is 0 Å². The van der Waals surface area contributed by atoms with Gasteiger partial charge in [-0.15, -0.1) is 0 Å². The van der Waals surface area contributed by atoms with Crippen molar-refractivity contribution in [1.29, 1.82) is 0 Å². The molecule has 2 unspecified atom stereocenters. The zero-order chi connectivity index (χ0) is 14.9. The fourth-order valence-corrected chi connectivity index (χ4v) is 3.19. The predicted molar refractivity (Wildman–Crippen MR) is 73.3 cm³/mol. The third-order valence-electron chi connectivity index (χ3n) is 4.14. The lowest BCUT2D eigenvalue weighted by molar-refractivity contribution is -0.145. The maximum atomic E-state index is 12.3. The number of hydrogen-bond acceptors (Lipinski definition) is 4. The van der Waals surface area contributed by atoms with Crippen LogP contribution < -0.4 is 0 Å².